The van der Waals surface area contributed by atoms with Crippen LogP contribution in [0, 0.1) is 10.1 Å². The molecule has 1 aromatic carbocycles. The van der Waals surface area contributed by atoms with Gasteiger partial charge in [0.2, 0.25) is 6.10 Å². The first-order valence-corrected chi connectivity index (χ1v) is 4.87. The van der Waals surface area contributed by atoms with Gasteiger partial charge in [0, 0.05) is 18.7 Å². The number of nitro benzene ring substituents is 1. The molecule has 0 saturated heterocycles. The van der Waals surface area contributed by atoms with Crippen LogP contribution in [0.3, 0.4) is 0 Å². The van der Waals surface area contributed by atoms with E-state index in [0.717, 1.165) is 6.07 Å². The molecule has 1 aromatic rings. The Labute approximate surface area is 101 Å². The molecule has 0 bridgehead atoms. The molecule has 1 atom stereocenters. The molecule has 1 rings (SSSR count). The molecule has 0 aromatic heterocycles. The molecule has 0 radical (unpaired) electrons. The molecular weight excluding hydrogens is 252 g/mol. The van der Waals surface area contributed by atoms with Crippen molar-refractivity contribution in [3.8, 4) is 5.75 Å². The summed E-state index contributed by atoms with van der Waals surface area (Å²) in [4.78, 5) is 20.5. The standard InChI is InChI=1S/C9H9ClN2O5/c10-6-3-5(1-2-7(6)12(15)16)17-8(4-11)9(13)14/h1-3,8H,4,11H2,(H,13,14). The summed E-state index contributed by atoms with van der Waals surface area (Å²) < 4.78 is 5.01. The molecule has 3 N–H and O–H groups in total. The van der Waals surface area contributed by atoms with Crippen LogP contribution in [0.5, 0.6) is 5.75 Å². The second-order valence-corrected chi connectivity index (χ2v) is 3.46. The van der Waals surface area contributed by atoms with Gasteiger partial charge in [0.15, 0.2) is 0 Å². The van der Waals surface area contributed by atoms with Crippen LogP contribution in [0.1, 0.15) is 0 Å². The van der Waals surface area contributed by atoms with E-state index < -0.39 is 17.0 Å². The quantitative estimate of drug-likeness (QED) is 0.603. The van der Waals surface area contributed by atoms with E-state index in [-0.39, 0.29) is 23.0 Å². The zero-order valence-electron chi connectivity index (χ0n) is 8.50. The smallest absolute Gasteiger partial charge is 0.346 e. The molecule has 0 aliphatic carbocycles. The van der Waals surface area contributed by atoms with Crippen LogP contribution in [-0.2, 0) is 4.79 Å². The van der Waals surface area contributed by atoms with Gasteiger partial charge in [0.05, 0.1) is 4.92 Å². The summed E-state index contributed by atoms with van der Waals surface area (Å²) in [6.07, 6.45) is -1.22. The van der Waals surface area contributed by atoms with Crippen LogP contribution in [-0.4, -0.2) is 28.6 Å². The summed E-state index contributed by atoms with van der Waals surface area (Å²) in [6, 6.07) is 3.56. The van der Waals surface area contributed by atoms with Crippen molar-refractivity contribution in [2.75, 3.05) is 6.54 Å². The van der Waals surface area contributed by atoms with Crippen molar-refractivity contribution >= 4 is 23.3 Å². The topological polar surface area (TPSA) is 116 Å². The monoisotopic (exact) mass is 260 g/mol. The van der Waals surface area contributed by atoms with Crippen molar-refractivity contribution in [1.29, 1.82) is 0 Å². The zero-order chi connectivity index (χ0) is 13.0. The van der Waals surface area contributed by atoms with E-state index in [1.54, 1.807) is 0 Å². The summed E-state index contributed by atoms with van der Waals surface area (Å²) in [5, 5.41) is 19.1. The van der Waals surface area contributed by atoms with E-state index in [1.165, 1.54) is 12.1 Å². The lowest BCUT2D eigenvalue weighted by Gasteiger charge is -2.12. The number of hydrogen-bond acceptors (Lipinski definition) is 5. The first-order valence-electron chi connectivity index (χ1n) is 4.49. The minimum atomic E-state index is -1.22. The number of halogens is 1. The molecule has 92 valence electrons. The second-order valence-electron chi connectivity index (χ2n) is 3.05. The van der Waals surface area contributed by atoms with E-state index in [2.05, 4.69) is 0 Å². The Kier molecular flexibility index (Phi) is 4.24. The number of nitro groups is 1. The highest BCUT2D eigenvalue weighted by molar-refractivity contribution is 6.32. The normalized spacial score (nSPS) is 11.9. The van der Waals surface area contributed by atoms with Crippen molar-refractivity contribution in [2.24, 2.45) is 5.73 Å². The summed E-state index contributed by atoms with van der Waals surface area (Å²) in [5.74, 6) is -1.11. The van der Waals surface area contributed by atoms with Gasteiger partial charge in [-0.05, 0) is 6.07 Å². The molecule has 0 aliphatic rings. The zero-order valence-corrected chi connectivity index (χ0v) is 9.26. The van der Waals surface area contributed by atoms with Gasteiger partial charge in [-0.25, -0.2) is 4.79 Å². The van der Waals surface area contributed by atoms with Gasteiger partial charge < -0.3 is 15.6 Å². The predicted molar refractivity (Wildman–Crippen MR) is 59.2 cm³/mol. The first kappa shape index (κ1) is 13.2. The summed E-state index contributed by atoms with van der Waals surface area (Å²) in [6.45, 7) is -0.218. The largest absolute Gasteiger partial charge is 0.478 e. The maximum Gasteiger partial charge on any atom is 0.346 e. The molecule has 1 unspecified atom stereocenters. The van der Waals surface area contributed by atoms with Crippen molar-refractivity contribution < 1.29 is 19.6 Å². The summed E-state index contributed by atoms with van der Waals surface area (Å²) >= 11 is 5.63. The molecule has 0 aliphatic heterocycles. The molecular formula is C9H9ClN2O5. The van der Waals surface area contributed by atoms with E-state index in [0.29, 0.717) is 0 Å². The third-order valence-corrected chi connectivity index (χ3v) is 2.19. The number of rotatable bonds is 5. The lowest BCUT2D eigenvalue weighted by Crippen LogP contribution is -2.34. The van der Waals surface area contributed by atoms with Gasteiger partial charge >= 0.3 is 5.97 Å². The van der Waals surface area contributed by atoms with Crippen LogP contribution < -0.4 is 10.5 Å². The van der Waals surface area contributed by atoms with Crippen molar-refractivity contribution in [3.63, 3.8) is 0 Å². The molecule has 0 fully saturated rings. The Morgan fingerprint density at radius 2 is 2.29 bits per heavy atom. The van der Waals surface area contributed by atoms with Crippen LogP contribution in [0.4, 0.5) is 5.69 Å². The average Bonchev–Trinajstić information content (AvgIpc) is 2.24. The highest BCUT2D eigenvalue weighted by Gasteiger charge is 2.19. The number of benzene rings is 1. The van der Waals surface area contributed by atoms with Gasteiger partial charge in [-0.3, -0.25) is 10.1 Å². The van der Waals surface area contributed by atoms with Gasteiger partial charge in [0.1, 0.15) is 10.8 Å². The number of nitrogens with zero attached hydrogens (tertiary/aromatic N) is 1. The third-order valence-electron chi connectivity index (χ3n) is 1.88. The molecule has 0 amide bonds. The van der Waals surface area contributed by atoms with Crippen molar-refractivity contribution in [2.45, 2.75) is 6.10 Å². The molecule has 0 heterocycles. The number of nitrogens with two attached hydrogens (primary N) is 1. The molecule has 8 heteroatoms. The number of ether oxygens (including phenoxy) is 1. The Bertz CT molecular complexity index is 451. The Morgan fingerprint density at radius 1 is 1.65 bits per heavy atom. The number of aliphatic carboxylic acids is 1. The van der Waals surface area contributed by atoms with E-state index in [4.69, 9.17) is 27.2 Å². The van der Waals surface area contributed by atoms with Gasteiger partial charge in [0.25, 0.3) is 5.69 Å². The average molecular weight is 261 g/mol. The molecule has 0 spiro atoms. The van der Waals surface area contributed by atoms with Crippen LogP contribution >= 0.6 is 11.6 Å². The lowest BCUT2D eigenvalue weighted by atomic mass is 10.3. The lowest BCUT2D eigenvalue weighted by molar-refractivity contribution is -0.384. The Morgan fingerprint density at radius 3 is 2.71 bits per heavy atom. The number of hydrogen-bond donors (Lipinski definition) is 2. The molecule has 17 heavy (non-hydrogen) atoms. The van der Waals surface area contributed by atoms with Gasteiger partial charge in [-0.1, -0.05) is 11.6 Å². The minimum absolute atomic E-state index is 0.110. The van der Waals surface area contributed by atoms with E-state index in [1.807, 2.05) is 0 Å². The fourth-order valence-electron chi connectivity index (χ4n) is 1.07. The Hall–Kier alpha value is -1.86. The van der Waals surface area contributed by atoms with Crippen LogP contribution in [0.25, 0.3) is 0 Å². The second kappa shape index (κ2) is 5.46. The Balaban J connectivity index is 2.90. The molecule has 7 nitrogen and oxygen atoms in total. The minimum Gasteiger partial charge on any atom is -0.478 e. The highest BCUT2D eigenvalue weighted by Crippen LogP contribution is 2.28. The summed E-state index contributed by atoms with van der Waals surface area (Å²) in [7, 11) is 0. The van der Waals surface area contributed by atoms with Crippen molar-refractivity contribution in [3.05, 3.63) is 33.3 Å². The maximum atomic E-state index is 10.6. The number of carboxylic acids is 1. The van der Waals surface area contributed by atoms with Gasteiger partial charge in [-0.2, -0.15) is 0 Å². The third kappa shape index (κ3) is 3.30. The predicted octanol–water partition coefficient (Wildman–Crippen LogP) is 1.04. The van der Waals surface area contributed by atoms with Crippen LogP contribution in [0.2, 0.25) is 5.02 Å². The SMILES string of the molecule is NCC(Oc1ccc([N+](=O)[O-])c(Cl)c1)C(=O)O. The maximum absolute atomic E-state index is 10.6. The summed E-state index contributed by atoms with van der Waals surface area (Å²) in [5.41, 5.74) is 4.91. The fourth-order valence-corrected chi connectivity index (χ4v) is 1.31. The fraction of sp³-hybridized carbons (Fsp3) is 0.222. The highest BCUT2D eigenvalue weighted by atomic mass is 35.5. The van der Waals surface area contributed by atoms with Crippen molar-refractivity contribution in [1.82, 2.24) is 0 Å². The van der Waals surface area contributed by atoms with E-state index >= 15 is 0 Å². The van der Waals surface area contributed by atoms with E-state index in [9.17, 15) is 14.9 Å². The van der Waals surface area contributed by atoms with Crippen LogP contribution in [0.15, 0.2) is 18.2 Å². The number of carbonyl (C=O) groups is 1. The first-order chi connectivity index (χ1) is 7.95. The number of carboxylic acid groups (broad SMARTS) is 1. The molecule has 0 saturated carbocycles. The van der Waals surface area contributed by atoms with Gasteiger partial charge in [-0.15, -0.1) is 0 Å².